The van der Waals surface area contributed by atoms with Crippen LogP contribution >= 0.6 is 11.3 Å². The SMILES string of the molecule is CN1CCCC1C(=O)NCc1ccc(-c2cscn2)cc1. The Bertz CT molecular complexity index is 594. The predicted octanol–water partition coefficient (Wildman–Crippen LogP) is 2.52. The van der Waals surface area contributed by atoms with Crippen molar-refractivity contribution in [3.63, 3.8) is 0 Å². The second-order valence-corrected chi connectivity index (χ2v) is 6.15. The normalized spacial score (nSPS) is 18.8. The van der Waals surface area contributed by atoms with Crippen LogP contribution in [0.25, 0.3) is 11.3 Å². The first-order valence-corrected chi connectivity index (χ1v) is 8.14. The summed E-state index contributed by atoms with van der Waals surface area (Å²) in [6.45, 7) is 1.60. The van der Waals surface area contributed by atoms with Crippen molar-refractivity contribution in [3.05, 3.63) is 40.7 Å². The largest absolute Gasteiger partial charge is 0.351 e. The summed E-state index contributed by atoms with van der Waals surface area (Å²) in [7, 11) is 2.01. The van der Waals surface area contributed by atoms with Crippen LogP contribution in [0.2, 0.25) is 0 Å². The highest BCUT2D eigenvalue weighted by Crippen LogP contribution is 2.19. The van der Waals surface area contributed by atoms with Gasteiger partial charge in [0.15, 0.2) is 0 Å². The smallest absolute Gasteiger partial charge is 0.237 e. The average molecular weight is 301 g/mol. The van der Waals surface area contributed by atoms with Crippen LogP contribution in [0.4, 0.5) is 0 Å². The molecule has 1 aromatic heterocycles. The number of hydrogen-bond donors (Lipinski definition) is 1. The Morgan fingerprint density at radius 3 is 2.86 bits per heavy atom. The molecule has 21 heavy (non-hydrogen) atoms. The van der Waals surface area contributed by atoms with Crippen molar-refractivity contribution in [1.82, 2.24) is 15.2 Å². The van der Waals surface area contributed by atoms with Gasteiger partial charge in [-0.2, -0.15) is 0 Å². The van der Waals surface area contributed by atoms with Gasteiger partial charge in [-0.15, -0.1) is 11.3 Å². The van der Waals surface area contributed by atoms with Crippen molar-refractivity contribution < 1.29 is 4.79 Å². The number of nitrogens with one attached hydrogen (secondary N) is 1. The summed E-state index contributed by atoms with van der Waals surface area (Å²) in [5.74, 6) is 0.138. The lowest BCUT2D eigenvalue weighted by molar-refractivity contribution is -0.125. The summed E-state index contributed by atoms with van der Waals surface area (Å²) < 4.78 is 0. The van der Waals surface area contributed by atoms with E-state index in [0.717, 1.165) is 36.2 Å². The summed E-state index contributed by atoms with van der Waals surface area (Å²) in [4.78, 5) is 18.5. The van der Waals surface area contributed by atoms with Crippen molar-refractivity contribution >= 4 is 17.2 Å². The van der Waals surface area contributed by atoms with Gasteiger partial charge in [-0.3, -0.25) is 9.69 Å². The van der Waals surface area contributed by atoms with E-state index in [-0.39, 0.29) is 11.9 Å². The third kappa shape index (κ3) is 3.31. The van der Waals surface area contributed by atoms with Crippen LogP contribution < -0.4 is 5.32 Å². The van der Waals surface area contributed by atoms with E-state index in [1.54, 1.807) is 11.3 Å². The number of carbonyl (C=O) groups is 1. The molecule has 0 radical (unpaired) electrons. The van der Waals surface area contributed by atoms with Crippen LogP contribution in [0.3, 0.4) is 0 Å². The maximum absolute atomic E-state index is 12.1. The van der Waals surface area contributed by atoms with Gasteiger partial charge in [-0.25, -0.2) is 4.98 Å². The van der Waals surface area contributed by atoms with E-state index in [4.69, 9.17) is 0 Å². The Balaban J connectivity index is 1.57. The van der Waals surface area contributed by atoms with E-state index < -0.39 is 0 Å². The highest BCUT2D eigenvalue weighted by molar-refractivity contribution is 7.07. The molecule has 1 unspecified atom stereocenters. The maximum atomic E-state index is 12.1. The van der Waals surface area contributed by atoms with Gasteiger partial charge in [0.25, 0.3) is 0 Å². The molecule has 2 heterocycles. The molecule has 1 aliphatic rings. The zero-order valence-corrected chi connectivity index (χ0v) is 12.9. The molecular formula is C16H19N3OS. The number of carbonyl (C=O) groups excluding carboxylic acids is 1. The molecule has 2 aromatic rings. The molecule has 1 atom stereocenters. The Kier molecular flexibility index (Phi) is 4.31. The van der Waals surface area contributed by atoms with E-state index in [0.29, 0.717) is 6.54 Å². The van der Waals surface area contributed by atoms with Crippen molar-refractivity contribution in [2.24, 2.45) is 0 Å². The molecule has 0 saturated carbocycles. The lowest BCUT2D eigenvalue weighted by Gasteiger charge is -2.18. The van der Waals surface area contributed by atoms with Crippen molar-refractivity contribution in [1.29, 1.82) is 0 Å². The number of amides is 1. The summed E-state index contributed by atoms with van der Waals surface area (Å²) >= 11 is 1.59. The van der Waals surface area contributed by atoms with Crippen LogP contribution in [-0.4, -0.2) is 35.4 Å². The van der Waals surface area contributed by atoms with Crippen LogP contribution in [0.15, 0.2) is 35.2 Å². The van der Waals surface area contributed by atoms with E-state index in [9.17, 15) is 4.79 Å². The second-order valence-electron chi connectivity index (χ2n) is 5.43. The molecule has 0 aliphatic carbocycles. The molecule has 0 spiro atoms. The number of likely N-dealkylation sites (N-methyl/N-ethyl adjacent to an activating group) is 1. The van der Waals surface area contributed by atoms with Gasteiger partial charge >= 0.3 is 0 Å². The van der Waals surface area contributed by atoms with E-state index >= 15 is 0 Å². The molecule has 1 N–H and O–H groups in total. The zero-order chi connectivity index (χ0) is 14.7. The predicted molar refractivity (Wildman–Crippen MR) is 85.0 cm³/mol. The first kappa shape index (κ1) is 14.2. The molecule has 1 saturated heterocycles. The standard InChI is InChI=1S/C16H19N3OS/c1-19-8-2-3-15(19)16(20)17-9-12-4-6-13(7-5-12)14-10-21-11-18-14/h4-7,10-11,15H,2-3,8-9H2,1H3,(H,17,20). The van der Waals surface area contributed by atoms with E-state index in [1.807, 2.05) is 30.1 Å². The van der Waals surface area contributed by atoms with Crippen LogP contribution in [-0.2, 0) is 11.3 Å². The van der Waals surface area contributed by atoms with Crippen LogP contribution in [0, 0.1) is 0 Å². The molecule has 5 heteroatoms. The number of benzene rings is 1. The number of hydrogen-bond acceptors (Lipinski definition) is 4. The van der Waals surface area contributed by atoms with Gasteiger partial charge in [0.2, 0.25) is 5.91 Å². The monoisotopic (exact) mass is 301 g/mol. The molecule has 0 bridgehead atoms. The molecular weight excluding hydrogens is 282 g/mol. The number of likely N-dealkylation sites (tertiary alicyclic amines) is 1. The number of rotatable bonds is 4. The Morgan fingerprint density at radius 1 is 1.43 bits per heavy atom. The Morgan fingerprint density at radius 2 is 2.24 bits per heavy atom. The lowest BCUT2D eigenvalue weighted by Crippen LogP contribution is -2.41. The van der Waals surface area contributed by atoms with Crippen LogP contribution in [0.5, 0.6) is 0 Å². The number of aromatic nitrogens is 1. The highest BCUT2D eigenvalue weighted by Gasteiger charge is 2.27. The Hall–Kier alpha value is -1.72. The fourth-order valence-corrected chi connectivity index (χ4v) is 3.26. The van der Waals surface area contributed by atoms with Crippen LogP contribution in [0.1, 0.15) is 18.4 Å². The summed E-state index contributed by atoms with van der Waals surface area (Å²) in [5.41, 5.74) is 5.06. The highest BCUT2D eigenvalue weighted by atomic mass is 32.1. The van der Waals surface area contributed by atoms with Gasteiger partial charge in [-0.05, 0) is 32.0 Å². The van der Waals surface area contributed by atoms with Gasteiger partial charge in [-0.1, -0.05) is 24.3 Å². The van der Waals surface area contributed by atoms with Gasteiger partial charge < -0.3 is 5.32 Å². The van der Waals surface area contributed by atoms with Crippen molar-refractivity contribution in [2.45, 2.75) is 25.4 Å². The minimum absolute atomic E-state index is 0.0410. The first-order valence-electron chi connectivity index (χ1n) is 7.19. The van der Waals surface area contributed by atoms with Crippen molar-refractivity contribution in [2.75, 3.05) is 13.6 Å². The maximum Gasteiger partial charge on any atom is 0.237 e. The third-order valence-electron chi connectivity index (χ3n) is 3.97. The summed E-state index contributed by atoms with van der Waals surface area (Å²) in [6, 6.07) is 8.25. The second kappa shape index (κ2) is 6.37. The molecule has 3 rings (SSSR count). The minimum atomic E-state index is 0.0410. The minimum Gasteiger partial charge on any atom is -0.351 e. The molecule has 4 nitrogen and oxygen atoms in total. The van der Waals surface area contributed by atoms with E-state index in [1.165, 1.54) is 0 Å². The molecule has 110 valence electrons. The summed E-state index contributed by atoms with van der Waals surface area (Å²) in [5, 5.41) is 5.07. The molecule has 1 aliphatic heterocycles. The molecule has 1 fully saturated rings. The summed E-state index contributed by atoms with van der Waals surface area (Å²) in [6.07, 6.45) is 2.07. The third-order valence-corrected chi connectivity index (χ3v) is 4.56. The zero-order valence-electron chi connectivity index (χ0n) is 12.1. The van der Waals surface area contributed by atoms with Gasteiger partial charge in [0, 0.05) is 17.5 Å². The fraction of sp³-hybridized carbons (Fsp3) is 0.375. The molecule has 1 aromatic carbocycles. The average Bonchev–Trinajstić information content (AvgIpc) is 3.16. The fourth-order valence-electron chi connectivity index (χ4n) is 2.70. The quantitative estimate of drug-likeness (QED) is 0.944. The Labute approximate surface area is 128 Å². The number of thiazole rings is 1. The van der Waals surface area contributed by atoms with E-state index in [2.05, 4.69) is 27.3 Å². The first-order chi connectivity index (χ1) is 10.2. The van der Waals surface area contributed by atoms with Crippen molar-refractivity contribution in [3.8, 4) is 11.3 Å². The molecule has 1 amide bonds. The lowest BCUT2D eigenvalue weighted by atomic mass is 10.1. The van der Waals surface area contributed by atoms with Gasteiger partial charge in [0.1, 0.15) is 0 Å². The van der Waals surface area contributed by atoms with Gasteiger partial charge in [0.05, 0.1) is 17.2 Å². The number of nitrogens with zero attached hydrogens (tertiary/aromatic N) is 2. The topological polar surface area (TPSA) is 45.2 Å².